The van der Waals surface area contributed by atoms with E-state index in [0.29, 0.717) is 11.4 Å². The van der Waals surface area contributed by atoms with E-state index >= 15 is 0 Å². The number of benzene rings is 1. The van der Waals surface area contributed by atoms with Gasteiger partial charge in [-0.05, 0) is 37.6 Å². The molecule has 0 aliphatic heterocycles. The van der Waals surface area contributed by atoms with Gasteiger partial charge in [-0.3, -0.25) is 4.98 Å². The number of hydrogen-bond donors (Lipinski definition) is 1. The number of aromatic nitrogens is 1. The van der Waals surface area contributed by atoms with E-state index in [1.54, 1.807) is 12.3 Å². The number of nitrogens with zero attached hydrogens (tertiary/aromatic N) is 1. The fourth-order valence-corrected chi connectivity index (χ4v) is 2.93. The second-order valence-corrected chi connectivity index (χ2v) is 7.68. The van der Waals surface area contributed by atoms with Gasteiger partial charge in [0, 0.05) is 34.6 Å². The number of hydrogen-bond acceptors (Lipinski definition) is 4. The van der Waals surface area contributed by atoms with Crippen LogP contribution in [0.4, 0.5) is 5.69 Å². The van der Waals surface area contributed by atoms with Gasteiger partial charge < -0.3 is 5.32 Å². The van der Waals surface area contributed by atoms with E-state index in [4.69, 9.17) is 11.6 Å². The molecule has 0 saturated heterocycles. The van der Waals surface area contributed by atoms with Crippen LogP contribution in [-0.2, 0) is 9.84 Å². The average molecular weight is 313 g/mol. The van der Waals surface area contributed by atoms with Crippen molar-refractivity contribution in [1.82, 2.24) is 4.98 Å². The number of nitrogens with one attached hydrogen (secondary N) is 1. The Balaban J connectivity index is 2.19. The van der Waals surface area contributed by atoms with E-state index in [1.807, 2.05) is 25.1 Å². The number of sulfone groups is 1. The minimum atomic E-state index is -2.93. The molecule has 1 aromatic carbocycles. The van der Waals surface area contributed by atoms with Crippen LogP contribution in [0.1, 0.15) is 13.3 Å². The Hall–Kier alpha value is -1.33. The normalized spacial score (nSPS) is 13.3. The van der Waals surface area contributed by atoms with Crippen molar-refractivity contribution < 1.29 is 8.42 Å². The maximum atomic E-state index is 11.2. The molecule has 20 heavy (non-hydrogen) atoms. The highest BCUT2D eigenvalue weighted by Gasteiger charge is 2.09. The Bertz CT molecular complexity index is 716. The van der Waals surface area contributed by atoms with Gasteiger partial charge in [0.15, 0.2) is 0 Å². The quantitative estimate of drug-likeness (QED) is 0.921. The average Bonchev–Trinajstić information content (AvgIpc) is 2.36. The molecule has 0 fully saturated rings. The van der Waals surface area contributed by atoms with Crippen LogP contribution < -0.4 is 5.32 Å². The van der Waals surface area contributed by atoms with Crippen LogP contribution in [0.5, 0.6) is 0 Å². The molecule has 0 aliphatic carbocycles. The van der Waals surface area contributed by atoms with Gasteiger partial charge in [-0.25, -0.2) is 8.42 Å². The Labute approximate surface area is 124 Å². The molecule has 0 aliphatic rings. The first-order valence-corrected chi connectivity index (χ1v) is 8.77. The summed E-state index contributed by atoms with van der Waals surface area (Å²) in [5.74, 6) is 0.172. The summed E-state index contributed by atoms with van der Waals surface area (Å²) in [6.07, 6.45) is 3.53. The number of halogens is 1. The van der Waals surface area contributed by atoms with Gasteiger partial charge in [0.05, 0.1) is 11.3 Å². The maximum Gasteiger partial charge on any atom is 0.147 e. The molecular formula is C14H17ClN2O2S. The molecule has 1 atom stereocenters. The zero-order valence-corrected chi connectivity index (χ0v) is 13.0. The standard InChI is InChI=1S/C14H17ClN2O2S/c1-10(6-8-20(2,18)19)17-14-5-7-16-13-4-3-11(15)9-12(13)14/h3-5,7,9-10H,6,8H2,1-2H3,(H,16,17). The van der Waals surface area contributed by atoms with E-state index in [-0.39, 0.29) is 11.8 Å². The molecular weight excluding hydrogens is 296 g/mol. The summed E-state index contributed by atoms with van der Waals surface area (Å²) in [6.45, 7) is 1.96. The number of fused-ring (bicyclic) bond motifs is 1. The third kappa shape index (κ3) is 4.08. The van der Waals surface area contributed by atoms with Gasteiger partial charge in [-0.15, -0.1) is 0 Å². The van der Waals surface area contributed by atoms with Gasteiger partial charge >= 0.3 is 0 Å². The summed E-state index contributed by atoms with van der Waals surface area (Å²) >= 11 is 6.01. The third-order valence-corrected chi connectivity index (χ3v) is 4.24. The Kier molecular flexibility index (Phi) is 4.50. The van der Waals surface area contributed by atoms with Crippen molar-refractivity contribution in [2.45, 2.75) is 19.4 Å². The molecule has 0 saturated carbocycles. The first-order valence-electron chi connectivity index (χ1n) is 6.34. The topological polar surface area (TPSA) is 59.1 Å². The number of pyridine rings is 1. The van der Waals surface area contributed by atoms with Gasteiger partial charge in [0.1, 0.15) is 9.84 Å². The van der Waals surface area contributed by atoms with Crippen molar-refractivity contribution in [3.05, 3.63) is 35.5 Å². The molecule has 108 valence electrons. The predicted octanol–water partition coefficient (Wildman–Crippen LogP) is 3.12. The Morgan fingerprint density at radius 3 is 2.80 bits per heavy atom. The van der Waals surface area contributed by atoms with Crippen LogP contribution in [0.15, 0.2) is 30.5 Å². The van der Waals surface area contributed by atoms with Gasteiger partial charge in [0.25, 0.3) is 0 Å². The van der Waals surface area contributed by atoms with Crippen molar-refractivity contribution in [2.75, 3.05) is 17.3 Å². The molecule has 6 heteroatoms. The van der Waals surface area contributed by atoms with E-state index in [2.05, 4.69) is 10.3 Å². The van der Waals surface area contributed by atoms with Crippen molar-refractivity contribution in [2.24, 2.45) is 0 Å². The van der Waals surface area contributed by atoms with Gasteiger partial charge in [0.2, 0.25) is 0 Å². The van der Waals surface area contributed by atoms with Crippen LogP contribution >= 0.6 is 11.6 Å². The van der Waals surface area contributed by atoms with Gasteiger partial charge in [-0.1, -0.05) is 11.6 Å². The zero-order chi connectivity index (χ0) is 14.8. The minimum Gasteiger partial charge on any atom is -0.382 e. The summed E-state index contributed by atoms with van der Waals surface area (Å²) in [5.41, 5.74) is 1.77. The van der Waals surface area contributed by atoms with E-state index in [1.165, 1.54) is 6.26 Å². The SMILES string of the molecule is CC(CCS(C)(=O)=O)Nc1ccnc2ccc(Cl)cc12. The van der Waals surface area contributed by atoms with Crippen LogP contribution in [0.2, 0.25) is 5.02 Å². The van der Waals surface area contributed by atoms with Crippen molar-refractivity contribution in [1.29, 1.82) is 0 Å². The highest BCUT2D eigenvalue weighted by molar-refractivity contribution is 7.90. The largest absolute Gasteiger partial charge is 0.382 e. The number of anilines is 1. The Morgan fingerprint density at radius 2 is 2.10 bits per heavy atom. The molecule has 1 aromatic heterocycles. The first-order chi connectivity index (χ1) is 9.35. The minimum absolute atomic E-state index is 0.0503. The molecule has 1 heterocycles. The summed E-state index contributed by atoms with van der Waals surface area (Å²) in [5, 5.41) is 4.91. The monoisotopic (exact) mass is 312 g/mol. The highest BCUT2D eigenvalue weighted by atomic mass is 35.5. The Morgan fingerprint density at radius 1 is 1.35 bits per heavy atom. The van der Waals surface area contributed by atoms with Crippen LogP contribution in [-0.4, -0.2) is 31.5 Å². The fraction of sp³-hybridized carbons (Fsp3) is 0.357. The van der Waals surface area contributed by atoms with E-state index < -0.39 is 9.84 Å². The third-order valence-electron chi connectivity index (χ3n) is 3.03. The lowest BCUT2D eigenvalue weighted by atomic mass is 10.1. The van der Waals surface area contributed by atoms with Crippen molar-refractivity contribution in [3.63, 3.8) is 0 Å². The lowest BCUT2D eigenvalue weighted by molar-refractivity contribution is 0.596. The molecule has 1 N–H and O–H groups in total. The maximum absolute atomic E-state index is 11.2. The predicted molar refractivity (Wildman–Crippen MR) is 84.2 cm³/mol. The second kappa shape index (κ2) is 5.97. The van der Waals surface area contributed by atoms with Crippen molar-refractivity contribution >= 4 is 38.0 Å². The molecule has 0 radical (unpaired) electrons. The fourth-order valence-electron chi connectivity index (χ4n) is 1.97. The first kappa shape index (κ1) is 15.1. The zero-order valence-electron chi connectivity index (χ0n) is 11.4. The van der Waals surface area contributed by atoms with Gasteiger partial charge in [-0.2, -0.15) is 0 Å². The molecule has 1 unspecified atom stereocenters. The molecule has 2 rings (SSSR count). The molecule has 2 aromatic rings. The van der Waals surface area contributed by atoms with E-state index in [9.17, 15) is 8.42 Å². The second-order valence-electron chi connectivity index (χ2n) is 4.98. The van der Waals surface area contributed by atoms with Crippen LogP contribution in [0, 0.1) is 0 Å². The lowest BCUT2D eigenvalue weighted by Crippen LogP contribution is -2.19. The van der Waals surface area contributed by atoms with Crippen LogP contribution in [0.3, 0.4) is 0 Å². The molecule has 4 nitrogen and oxygen atoms in total. The molecule has 0 bridgehead atoms. The summed E-state index contributed by atoms with van der Waals surface area (Å²) in [4.78, 5) is 4.28. The summed E-state index contributed by atoms with van der Waals surface area (Å²) in [7, 11) is -2.93. The molecule has 0 amide bonds. The summed E-state index contributed by atoms with van der Waals surface area (Å²) < 4.78 is 22.4. The molecule has 0 spiro atoms. The van der Waals surface area contributed by atoms with Crippen LogP contribution in [0.25, 0.3) is 10.9 Å². The lowest BCUT2D eigenvalue weighted by Gasteiger charge is -2.16. The van der Waals surface area contributed by atoms with E-state index in [0.717, 1.165) is 16.6 Å². The smallest absolute Gasteiger partial charge is 0.147 e. The number of rotatable bonds is 5. The van der Waals surface area contributed by atoms with Crippen molar-refractivity contribution in [3.8, 4) is 0 Å². The highest BCUT2D eigenvalue weighted by Crippen LogP contribution is 2.25. The summed E-state index contributed by atoms with van der Waals surface area (Å²) in [6, 6.07) is 7.44.